The van der Waals surface area contributed by atoms with Crippen LogP contribution in [-0.2, 0) is 0 Å². The van der Waals surface area contributed by atoms with Crippen LogP contribution in [0, 0.1) is 0 Å². The Morgan fingerprint density at radius 2 is 1.17 bits per heavy atom. The summed E-state index contributed by atoms with van der Waals surface area (Å²) in [6, 6.07) is 45.9. The van der Waals surface area contributed by atoms with Crippen molar-refractivity contribution in [2.75, 3.05) is 0 Å². The zero-order chi connectivity index (χ0) is 26.9. The van der Waals surface area contributed by atoms with Gasteiger partial charge in [0.05, 0.1) is 16.7 Å². The predicted octanol–water partition coefficient (Wildman–Crippen LogP) is 10.8. The van der Waals surface area contributed by atoms with Crippen molar-refractivity contribution in [3.63, 3.8) is 0 Å². The highest BCUT2D eigenvalue weighted by Gasteiger charge is 2.14. The van der Waals surface area contributed by atoms with Crippen LogP contribution >= 0.6 is 11.3 Å². The second-order valence-electron chi connectivity index (χ2n) is 10.6. The van der Waals surface area contributed by atoms with Crippen molar-refractivity contribution in [3.05, 3.63) is 134 Å². The zero-order valence-corrected chi connectivity index (χ0v) is 22.8. The molecule has 3 heteroatoms. The molecule has 9 rings (SSSR count). The van der Waals surface area contributed by atoms with Gasteiger partial charge in [0.2, 0.25) is 0 Å². The Kier molecular flexibility index (Phi) is 4.80. The Hall–Kier alpha value is -5.12. The normalized spacial score (nSPS) is 11.9. The number of thiophene rings is 1. The number of nitrogens with zero attached hydrogens (tertiary/aromatic N) is 2. The molecule has 0 atom stereocenters. The van der Waals surface area contributed by atoms with Crippen molar-refractivity contribution < 1.29 is 0 Å². The average Bonchev–Trinajstić information content (AvgIpc) is 3.43. The molecule has 0 fully saturated rings. The zero-order valence-electron chi connectivity index (χ0n) is 22.0. The van der Waals surface area contributed by atoms with E-state index in [0.29, 0.717) is 0 Å². The minimum Gasteiger partial charge on any atom is -0.254 e. The van der Waals surface area contributed by atoms with Crippen LogP contribution in [0.3, 0.4) is 0 Å². The average molecular weight is 539 g/mol. The maximum Gasteiger partial charge on any atom is 0.0972 e. The quantitative estimate of drug-likeness (QED) is 0.205. The van der Waals surface area contributed by atoms with Crippen LogP contribution in [0.1, 0.15) is 0 Å². The smallest absolute Gasteiger partial charge is 0.0972 e. The van der Waals surface area contributed by atoms with Crippen LogP contribution in [0.4, 0.5) is 0 Å². The third kappa shape index (κ3) is 3.43. The molecule has 0 radical (unpaired) electrons. The molecule has 3 heterocycles. The van der Waals surface area contributed by atoms with Gasteiger partial charge in [-0.2, -0.15) is 0 Å². The number of hydrogen-bond donors (Lipinski definition) is 0. The van der Waals surface area contributed by atoms with E-state index >= 15 is 0 Å². The van der Waals surface area contributed by atoms with Crippen molar-refractivity contribution >= 4 is 74.9 Å². The largest absolute Gasteiger partial charge is 0.254 e. The fourth-order valence-corrected chi connectivity index (χ4v) is 7.57. The summed E-state index contributed by atoms with van der Waals surface area (Å²) in [4.78, 5) is 9.81. The fraction of sp³-hybridized carbons (Fsp3) is 0. The molecule has 0 bridgehead atoms. The monoisotopic (exact) mass is 538 g/mol. The number of benzene rings is 6. The van der Waals surface area contributed by atoms with E-state index in [9.17, 15) is 0 Å². The standard InChI is InChI=1S/C38H22N2S/c1-2-8-30-29(7-1)27(18-19-31(30)34-20-15-24-12-11-23-6-5-21-39-36(23)37(24)40-34)25-13-16-28-26(22-25)14-17-33-32-9-3-4-10-35(32)41-38(28)33/h1-22H. The van der Waals surface area contributed by atoms with Gasteiger partial charge in [-0.25, -0.2) is 4.98 Å². The minimum atomic E-state index is 0.941. The van der Waals surface area contributed by atoms with Gasteiger partial charge in [0, 0.05) is 42.7 Å². The van der Waals surface area contributed by atoms with E-state index in [1.807, 2.05) is 23.6 Å². The van der Waals surface area contributed by atoms with Crippen LogP contribution in [0.15, 0.2) is 134 Å². The molecule has 9 aromatic rings. The Balaban J connectivity index is 1.22. The van der Waals surface area contributed by atoms with Crippen molar-refractivity contribution in [1.82, 2.24) is 9.97 Å². The summed E-state index contributed by atoms with van der Waals surface area (Å²) in [7, 11) is 0. The van der Waals surface area contributed by atoms with E-state index in [4.69, 9.17) is 4.98 Å². The molecule has 2 nitrogen and oxygen atoms in total. The van der Waals surface area contributed by atoms with E-state index in [2.05, 4.69) is 126 Å². The third-order valence-corrected chi connectivity index (χ3v) is 9.52. The lowest BCUT2D eigenvalue weighted by Gasteiger charge is -2.13. The molecule has 0 saturated carbocycles. The van der Waals surface area contributed by atoms with Gasteiger partial charge in [-0.3, -0.25) is 4.98 Å². The molecule has 41 heavy (non-hydrogen) atoms. The van der Waals surface area contributed by atoms with Crippen molar-refractivity contribution in [2.45, 2.75) is 0 Å². The first-order valence-corrected chi connectivity index (χ1v) is 14.6. The van der Waals surface area contributed by atoms with Crippen LogP contribution in [0.5, 0.6) is 0 Å². The van der Waals surface area contributed by atoms with E-state index in [1.54, 1.807) is 0 Å². The third-order valence-electron chi connectivity index (χ3n) is 8.30. The lowest BCUT2D eigenvalue weighted by atomic mass is 9.92. The van der Waals surface area contributed by atoms with E-state index in [-0.39, 0.29) is 0 Å². The lowest BCUT2D eigenvalue weighted by Crippen LogP contribution is -1.91. The first kappa shape index (κ1) is 22.7. The molecule has 0 unspecified atom stereocenters. The molecule has 0 aliphatic heterocycles. The van der Waals surface area contributed by atoms with E-state index < -0.39 is 0 Å². The Morgan fingerprint density at radius 3 is 2.07 bits per heavy atom. The Morgan fingerprint density at radius 1 is 0.463 bits per heavy atom. The fourth-order valence-electron chi connectivity index (χ4n) is 6.33. The Bertz CT molecular complexity index is 2490. The second-order valence-corrected chi connectivity index (χ2v) is 11.6. The highest BCUT2D eigenvalue weighted by Crippen LogP contribution is 2.41. The highest BCUT2D eigenvalue weighted by molar-refractivity contribution is 7.26. The summed E-state index contributed by atoms with van der Waals surface area (Å²) >= 11 is 1.88. The predicted molar refractivity (Wildman–Crippen MR) is 176 cm³/mol. The molecular formula is C38H22N2S. The van der Waals surface area contributed by atoms with Gasteiger partial charge < -0.3 is 0 Å². The second kappa shape index (κ2) is 8.69. The first-order chi connectivity index (χ1) is 20.3. The van der Waals surface area contributed by atoms with Gasteiger partial charge in [-0.05, 0) is 56.9 Å². The van der Waals surface area contributed by atoms with Gasteiger partial charge in [-0.15, -0.1) is 11.3 Å². The molecule has 0 amide bonds. The van der Waals surface area contributed by atoms with Gasteiger partial charge in [0.1, 0.15) is 0 Å². The van der Waals surface area contributed by atoms with Gasteiger partial charge >= 0.3 is 0 Å². The SMILES string of the molecule is c1cnc2c(c1)ccc1ccc(-c3ccc(-c4ccc5c(ccc6c7ccccc7sc56)c4)c4ccccc34)nc12. The summed E-state index contributed by atoms with van der Waals surface area (Å²) < 4.78 is 2.70. The molecule has 0 saturated heterocycles. The number of pyridine rings is 2. The van der Waals surface area contributed by atoms with Crippen LogP contribution in [0.2, 0.25) is 0 Å². The highest BCUT2D eigenvalue weighted by atomic mass is 32.1. The molecule has 0 aliphatic rings. The summed E-state index contributed by atoms with van der Waals surface area (Å²) in [6.45, 7) is 0. The summed E-state index contributed by atoms with van der Waals surface area (Å²) in [5.74, 6) is 0. The van der Waals surface area contributed by atoms with E-state index in [0.717, 1.165) is 33.1 Å². The van der Waals surface area contributed by atoms with Crippen LogP contribution in [-0.4, -0.2) is 9.97 Å². The maximum absolute atomic E-state index is 5.15. The molecule has 190 valence electrons. The number of aromatic nitrogens is 2. The van der Waals surface area contributed by atoms with Crippen molar-refractivity contribution in [2.24, 2.45) is 0 Å². The van der Waals surface area contributed by atoms with E-state index in [1.165, 1.54) is 52.8 Å². The minimum absolute atomic E-state index is 0.941. The molecule has 0 spiro atoms. The lowest BCUT2D eigenvalue weighted by molar-refractivity contribution is 1.37. The topological polar surface area (TPSA) is 25.8 Å². The van der Waals surface area contributed by atoms with Gasteiger partial charge in [0.15, 0.2) is 0 Å². The Labute approximate surface area is 240 Å². The molecule has 0 N–H and O–H groups in total. The van der Waals surface area contributed by atoms with Crippen LogP contribution < -0.4 is 0 Å². The summed E-state index contributed by atoms with van der Waals surface area (Å²) in [5.41, 5.74) is 6.43. The first-order valence-electron chi connectivity index (χ1n) is 13.8. The van der Waals surface area contributed by atoms with Gasteiger partial charge in [0.25, 0.3) is 0 Å². The van der Waals surface area contributed by atoms with Crippen LogP contribution in [0.25, 0.3) is 85.9 Å². The number of hydrogen-bond acceptors (Lipinski definition) is 3. The summed E-state index contributed by atoms with van der Waals surface area (Å²) in [5, 5.41) is 9.90. The molecule has 0 aliphatic carbocycles. The van der Waals surface area contributed by atoms with Crippen molar-refractivity contribution in [3.8, 4) is 22.4 Å². The maximum atomic E-state index is 5.15. The van der Waals surface area contributed by atoms with Crippen molar-refractivity contribution in [1.29, 1.82) is 0 Å². The summed E-state index contributed by atoms with van der Waals surface area (Å²) in [6.07, 6.45) is 1.84. The molecule has 6 aromatic carbocycles. The molecular weight excluding hydrogens is 516 g/mol. The number of fused-ring (bicyclic) bond motifs is 9. The molecule has 3 aromatic heterocycles. The van der Waals surface area contributed by atoms with Gasteiger partial charge in [-0.1, -0.05) is 103 Å². The number of rotatable bonds is 2.